The van der Waals surface area contributed by atoms with E-state index in [1.165, 1.54) is 0 Å². The van der Waals surface area contributed by atoms with Gasteiger partial charge in [0.05, 0.1) is 4.92 Å². The summed E-state index contributed by atoms with van der Waals surface area (Å²) in [6.07, 6.45) is 2.57. The molecule has 1 aromatic heterocycles. The van der Waals surface area contributed by atoms with Gasteiger partial charge in [-0.15, -0.1) is 0 Å². The van der Waals surface area contributed by atoms with Crippen LogP contribution in [0.1, 0.15) is 31.9 Å². The third kappa shape index (κ3) is 4.01. The van der Waals surface area contributed by atoms with E-state index in [-0.39, 0.29) is 17.5 Å². The van der Waals surface area contributed by atoms with Crippen LogP contribution < -0.4 is 10.6 Å². The third-order valence-corrected chi connectivity index (χ3v) is 3.34. The molecule has 1 aliphatic rings. The normalized spacial score (nSPS) is 15.7. The van der Waals surface area contributed by atoms with Gasteiger partial charge in [0.2, 0.25) is 11.8 Å². The lowest BCUT2D eigenvalue weighted by Crippen LogP contribution is -2.29. The lowest BCUT2D eigenvalue weighted by molar-refractivity contribution is -0.385. The Bertz CT molecular complexity index is 503. The van der Waals surface area contributed by atoms with Gasteiger partial charge in [0, 0.05) is 25.8 Å². The zero-order chi connectivity index (χ0) is 15.2. The topological polar surface area (TPSA) is 102 Å². The average Bonchev–Trinajstić information content (AvgIpc) is 2.45. The fraction of sp³-hybridized carbons (Fsp3) is 0.692. The number of aromatic nitrogens is 2. The lowest BCUT2D eigenvalue weighted by atomic mass is 10.1. The van der Waals surface area contributed by atoms with Crippen LogP contribution in [0.25, 0.3) is 0 Å². The zero-order valence-electron chi connectivity index (χ0n) is 12.4. The Kier molecular flexibility index (Phi) is 5.26. The van der Waals surface area contributed by atoms with E-state index in [1.807, 2.05) is 6.92 Å². The SMILES string of the molecule is CCCNc1nc(C)c([N+](=O)[O-])c(NC2CCOCC2)n1. The minimum absolute atomic E-state index is 0.0523. The van der Waals surface area contributed by atoms with Gasteiger partial charge in [-0.05, 0) is 26.2 Å². The van der Waals surface area contributed by atoms with Crippen molar-refractivity contribution < 1.29 is 9.66 Å². The van der Waals surface area contributed by atoms with Crippen LogP contribution in [0.5, 0.6) is 0 Å². The Morgan fingerprint density at radius 1 is 1.38 bits per heavy atom. The van der Waals surface area contributed by atoms with Crippen molar-refractivity contribution in [1.29, 1.82) is 0 Å². The highest BCUT2D eigenvalue weighted by Crippen LogP contribution is 2.28. The maximum Gasteiger partial charge on any atom is 0.332 e. The molecule has 1 aromatic rings. The van der Waals surface area contributed by atoms with Gasteiger partial charge in [0.1, 0.15) is 5.69 Å². The fourth-order valence-electron chi connectivity index (χ4n) is 2.24. The molecule has 0 amide bonds. The Morgan fingerprint density at radius 3 is 2.71 bits per heavy atom. The number of hydrogen-bond acceptors (Lipinski definition) is 7. The minimum Gasteiger partial charge on any atom is -0.381 e. The molecule has 0 unspecified atom stereocenters. The Labute approximate surface area is 123 Å². The van der Waals surface area contributed by atoms with E-state index < -0.39 is 4.92 Å². The molecule has 0 aliphatic carbocycles. The van der Waals surface area contributed by atoms with E-state index in [9.17, 15) is 10.1 Å². The molecule has 0 aromatic carbocycles. The number of nitrogens with zero attached hydrogens (tertiary/aromatic N) is 3. The van der Waals surface area contributed by atoms with E-state index >= 15 is 0 Å². The van der Waals surface area contributed by atoms with Crippen molar-refractivity contribution in [2.75, 3.05) is 30.4 Å². The van der Waals surface area contributed by atoms with Crippen molar-refractivity contribution in [3.05, 3.63) is 15.8 Å². The summed E-state index contributed by atoms with van der Waals surface area (Å²) in [5.74, 6) is 0.715. The Balaban J connectivity index is 2.25. The monoisotopic (exact) mass is 295 g/mol. The molecule has 2 heterocycles. The molecule has 8 nitrogen and oxygen atoms in total. The Hall–Kier alpha value is -1.96. The third-order valence-electron chi connectivity index (χ3n) is 3.34. The highest BCUT2D eigenvalue weighted by atomic mass is 16.6. The van der Waals surface area contributed by atoms with Crippen molar-refractivity contribution >= 4 is 17.5 Å². The maximum atomic E-state index is 11.3. The predicted molar refractivity (Wildman–Crippen MR) is 79.7 cm³/mol. The second-order valence-electron chi connectivity index (χ2n) is 5.04. The number of aryl methyl sites for hydroxylation is 1. The van der Waals surface area contributed by atoms with Gasteiger partial charge in [-0.25, -0.2) is 4.98 Å². The molecule has 1 aliphatic heterocycles. The molecule has 0 spiro atoms. The molecule has 116 valence electrons. The quantitative estimate of drug-likeness (QED) is 0.612. The molecule has 0 atom stereocenters. The van der Waals surface area contributed by atoms with Gasteiger partial charge in [-0.1, -0.05) is 6.92 Å². The molecule has 0 saturated carbocycles. The van der Waals surface area contributed by atoms with Crippen LogP contribution >= 0.6 is 0 Å². The smallest absolute Gasteiger partial charge is 0.332 e. The van der Waals surface area contributed by atoms with E-state index in [2.05, 4.69) is 20.6 Å². The number of hydrogen-bond donors (Lipinski definition) is 2. The molecule has 0 bridgehead atoms. The number of nitrogens with one attached hydrogen (secondary N) is 2. The number of rotatable bonds is 6. The minimum atomic E-state index is -0.430. The molecule has 8 heteroatoms. The maximum absolute atomic E-state index is 11.3. The van der Waals surface area contributed by atoms with Crippen LogP contribution in [0.4, 0.5) is 17.5 Å². The predicted octanol–water partition coefficient (Wildman–Crippen LogP) is 2.11. The Morgan fingerprint density at radius 2 is 2.10 bits per heavy atom. The summed E-state index contributed by atoms with van der Waals surface area (Å²) in [5.41, 5.74) is 0.312. The van der Waals surface area contributed by atoms with Crippen molar-refractivity contribution in [2.24, 2.45) is 0 Å². The van der Waals surface area contributed by atoms with E-state index in [0.717, 1.165) is 25.8 Å². The largest absolute Gasteiger partial charge is 0.381 e. The van der Waals surface area contributed by atoms with Crippen LogP contribution in [0.2, 0.25) is 0 Å². The zero-order valence-corrected chi connectivity index (χ0v) is 12.4. The van der Waals surface area contributed by atoms with Crippen LogP contribution in [-0.4, -0.2) is 40.7 Å². The average molecular weight is 295 g/mol. The first-order chi connectivity index (χ1) is 10.1. The van der Waals surface area contributed by atoms with E-state index in [1.54, 1.807) is 6.92 Å². The summed E-state index contributed by atoms with van der Waals surface area (Å²) in [7, 11) is 0. The van der Waals surface area contributed by atoms with Crippen molar-refractivity contribution in [3.63, 3.8) is 0 Å². The molecule has 21 heavy (non-hydrogen) atoms. The van der Waals surface area contributed by atoms with E-state index in [0.29, 0.717) is 24.9 Å². The van der Waals surface area contributed by atoms with Gasteiger partial charge in [-0.3, -0.25) is 10.1 Å². The van der Waals surface area contributed by atoms with Gasteiger partial charge in [-0.2, -0.15) is 4.98 Å². The molecule has 0 radical (unpaired) electrons. The molecule has 1 fully saturated rings. The molecule has 2 N–H and O–H groups in total. The van der Waals surface area contributed by atoms with Crippen molar-refractivity contribution in [2.45, 2.75) is 39.2 Å². The lowest BCUT2D eigenvalue weighted by Gasteiger charge is -2.23. The van der Waals surface area contributed by atoms with Crippen molar-refractivity contribution in [3.8, 4) is 0 Å². The van der Waals surface area contributed by atoms with Crippen LogP contribution in [0, 0.1) is 17.0 Å². The summed E-state index contributed by atoms with van der Waals surface area (Å²) in [6.45, 7) is 5.72. The van der Waals surface area contributed by atoms with Gasteiger partial charge in [0.25, 0.3) is 0 Å². The molecular weight excluding hydrogens is 274 g/mol. The van der Waals surface area contributed by atoms with Gasteiger partial charge >= 0.3 is 5.69 Å². The summed E-state index contributed by atoms with van der Waals surface area (Å²) >= 11 is 0. The fourth-order valence-corrected chi connectivity index (χ4v) is 2.24. The number of ether oxygens (including phenoxy) is 1. The number of nitro groups is 1. The van der Waals surface area contributed by atoms with Crippen LogP contribution in [0.15, 0.2) is 0 Å². The van der Waals surface area contributed by atoms with E-state index in [4.69, 9.17) is 4.74 Å². The summed E-state index contributed by atoms with van der Waals surface area (Å²) in [6, 6.07) is 0.144. The highest BCUT2D eigenvalue weighted by Gasteiger charge is 2.25. The summed E-state index contributed by atoms with van der Waals surface area (Å²) in [4.78, 5) is 19.2. The van der Waals surface area contributed by atoms with Crippen LogP contribution in [-0.2, 0) is 4.74 Å². The second-order valence-corrected chi connectivity index (χ2v) is 5.04. The summed E-state index contributed by atoms with van der Waals surface area (Å²) in [5, 5.41) is 17.5. The van der Waals surface area contributed by atoms with Crippen molar-refractivity contribution in [1.82, 2.24) is 9.97 Å². The first-order valence-electron chi connectivity index (χ1n) is 7.23. The van der Waals surface area contributed by atoms with Gasteiger partial charge < -0.3 is 15.4 Å². The number of anilines is 2. The summed E-state index contributed by atoms with van der Waals surface area (Å²) < 4.78 is 5.30. The standard InChI is InChI=1S/C13H21N5O3/c1-3-6-14-13-15-9(2)11(18(19)20)12(17-13)16-10-4-7-21-8-5-10/h10H,3-8H2,1-2H3,(H2,14,15,16,17). The van der Waals surface area contributed by atoms with Gasteiger partial charge in [0.15, 0.2) is 0 Å². The van der Waals surface area contributed by atoms with Crippen LogP contribution in [0.3, 0.4) is 0 Å². The molecule has 1 saturated heterocycles. The molecular formula is C13H21N5O3. The first kappa shape index (κ1) is 15.4. The second kappa shape index (κ2) is 7.16. The first-order valence-corrected chi connectivity index (χ1v) is 7.23. The molecule has 2 rings (SSSR count). The highest BCUT2D eigenvalue weighted by molar-refractivity contribution is 5.61.